The van der Waals surface area contributed by atoms with Gasteiger partial charge in [-0.3, -0.25) is 9.59 Å². The van der Waals surface area contributed by atoms with Crippen LogP contribution in [0.5, 0.6) is 5.75 Å². The third-order valence-corrected chi connectivity index (χ3v) is 4.57. The minimum atomic E-state index is -0.0289. The second-order valence-electron chi connectivity index (χ2n) is 6.21. The van der Waals surface area contributed by atoms with E-state index in [1.165, 1.54) is 0 Å². The molecule has 0 unspecified atom stereocenters. The minimum absolute atomic E-state index is 0.00264. The monoisotopic (exact) mass is 341 g/mol. The Hall–Kier alpha value is -2.76. The highest BCUT2D eigenvalue weighted by Crippen LogP contribution is 2.24. The summed E-state index contributed by atoms with van der Waals surface area (Å²) in [6.07, 6.45) is 0.348. The van der Waals surface area contributed by atoms with E-state index in [-0.39, 0.29) is 11.8 Å². The lowest BCUT2D eigenvalue weighted by atomic mass is 10.2. The molecule has 3 rings (SSSR count). The summed E-state index contributed by atoms with van der Waals surface area (Å²) < 4.78 is 7.35. The predicted molar refractivity (Wildman–Crippen MR) is 95.3 cm³/mol. The summed E-state index contributed by atoms with van der Waals surface area (Å²) >= 11 is 0. The molecule has 6 heteroatoms. The van der Waals surface area contributed by atoms with Crippen molar-refractivity contribution in [1.82, 2.24) is 14.8 Å². The van der Waals surface area contributed by atoms with E-state index in [1.54, 1.807) is 12.0 Å². The first-order valence-corrected chi connectivity index (χ1v) is 8.40. The van der Waals surface area contributed by atoms with Gasteiger partial charge in [0.15, 0.2) is 0 Å². The van der Waals surface area contributed by atoms with Crippen LogP contribution in [-0.4, -0.2) is 48.0 Å². The van der Waals surface area contributed by atoms with Gasteiger partial charge in [0.05, 0.1) is 12.7 Å². The fourth-order valence-electron chi connectivity index (χ4n) is 3.27. The van der Waals surface area contributed by atoms with Crippen molar-refractivity contribution in [1.29, 1.82) is 0 Å². The van der Waals surface area contributed by atoms with E-state index in [2.05, 4.69) is 9.88 Å². The van der Waals surface area contributed by atoms with Crippen LogP contribution in [0.25, 0.3) is 5.69 Å². The molecule has 132 valence electrons. The van der Waals surface area contributed by atoms with Crippen molar-refractivity contribution in [2.45, 2.75) is 20.3 Å². The van der Waals surface area contributed by atoms with E-state index >= 15 is 0 Å². The molecular formula is C19H23N3O3. The molecule has 1 aromatic carbocycles. The van der Waals surface area contributed by atoms with E-state index < -0.39 is 0 Å². The van der Waals surface area contributed by atoms with E-state index in [9.17, 15) is 9.59 Å². The molecule has 1 aromatic heterocycles. The number of nitrogens with zero attached hydrogens (tertiary/aromatic N) is 2. The number of benzene rings is 1. The number of amides is 2. The molecule has 25 heavy (non-hydrogen) atoms. The number of hydrogen-bond donors (Lipinski definition) is 1. The maximum Gasteiger partial charge on any atom is 0.255 e. The van der Waals surface area contributed by atoms with Gasteiger partial charge < -0.3 is 19.5 Å². The van der Waals surface area contributed by atoms with Crippen molar-refractivity contribution < 1.29 is 14.3 Å². The molecule has 1 aliphatic rings. The number of hydrogen-bond acceptors (Lipinski definition) is 3. The third-order valence-electron chi connectivity index (χ3n) is 4.57. The largest absolute Gasteiger partial charge is 0.497 e. The first kappa shape index (κ1) is 17.1. The van der Waals surface area contributed by atoms with E-state index in [4.69, 9.17) is 4.74 Å². The van der Waals surface area contributed by atoms with Gasteiger partial charge in [-0.1, -0.05) is 6.07 Å². The minimum Gasteiger partial charge on any atom is -0.497 e. The number of carbonyl (C=O) groups is 2. The second-order valence-corrected chi connectivity index (χ2v) is 6.21. The van der Waals surface area contributed by atoms with Gasteiger partial charge in [0.25, 0.3) is 5.91 Å². The highest BCUT2D eigenvalue weighted by atomic mass is 16.5. The zero-order valence-electron chi connectivity index (χ0n) is 14.8. The Balaban J connectivity index is 1.93. The van der Waals surface area contributed by atoms with Crippen LogP contribution in [0.3, 0.4) is 0 Å². The van der Waals surface area contributed by atoms with E-state index in [1.807, 2.05) is 44.2 Å². The van der Waals surface area contributed by atoms with Crippen LogP contribution >= 0.6 is 0 Å². The molecule has 1 aliphatic heterocycles. The van der Waals surface area contributed by atoms with E-state index in [0.717, 1.165) is 22.8 Å². The van der Waals surface area contributed by atoms with Crippen LogP contribution < -0.4 is 10.1 Å². The Bertz CT molecular complexity index is 810. The highest BCUT2D eigenvalue weighted by Gasteiger charge is 2.24. The molecule has 2 heterocycles. The van der Waals surface area contributed by atoms with Crippen LogP contribution in [0.1, 0.15) is 28.2 Å². The van der Waals surface area contributed by atoms with Crippen LogP contribution in [0.2, 0.25) is 0 Å². The lowest BCUT2D eigenvalue weighted by Crippen LogP contribution is -2.34. The molecule has 2 amide bonds. The van der Waals surface area contributed by atoms with Gasteiger partial charge in [0.2, 0.25) is 5.91 Å². The topological polar surface area (TPSA) is 63.6 Å². The highest BCUT2D eigenvalue weighted by molar-refractivity contribution is 5.96. The standard InChI is InChI=1S/C19H23N3O3/c1-13-11-17(19(24)21-9-7-18(23)20-8-10-21)14(2)22(13)15-5-4-6-16(12-15)25-3/h4-6,11-12H,7-10H2,1-3H3,(H,20,23). The molecule has 0 saturated carbocycles. The number of aromatic nitrogens is 1. The molecular weight excluding hydrogens is 318 g/mol. The smallest absolute Gasteiger partial charge is 0.255 e. The Kier molecular flexibility index (Phi) is 4.79. The molecule has 0 atom stereocenters. The van der Waals surface area contributed by atoms with Crippen molar-refractivity contribution in [3.05, 3.63) is 47.3 Å². The lowest BCUT2D eigenvalue weighted by Gasteiger charge is -2.19. The third kappa shape index (κ3) is 3.38. The molecule has 1 saturated heterocycles. The van der Waals surface area contributed by atoms with Crippen LogP contribution in [0.15, 0.2) is 30.3 Å². The number of rotatable bonds is 3. The van der Waals surface area contributed by atoms with Gasteiger partial charge >= 0.3 is 0 Å². The fourth-order valence-corrected chi connectivity index (χ4v) is 3.27. The average molecular weight is 341 g/mol. The first-order chi connectivity index (χ1) is 12.0. The zero-order valence-corrected chi connectivity index (χ0v) is 14.8. The maximum atomic E-state index is 12.9. The summed E-state index contributed by atoms with van der Waals surface area (Å²) in [4.78, 5) is 26.2. The summed E-state index contributed by atoms with van der Waals surface area (Å²) in [5, 5.41) is 2.80. The number of ether oxygens (including phenoxy) is 1. The summed E-state index contributed by atoms with van der Waals surface area (Å²) in [7, 11) is 1.64. The number of carbonyl (C=O) groups excluding carboxylic acids is 2. The van der Waals surface area contributed by atoms with Crippen LogP contribution in [-0.2, 0) is 4.79 Å². The molecule has 1 N–H and O–H groups in total. The number of nitrogens with one attached hydrogen (secondary N) is 1. The van der Waals surface area contributed by atoms with E-state index in [0.29, 0.717) is 31.6 Å². The molecule has 0 radical (unpaired) electrons. The molecule has 2 aromatic rings. The second kappa shape index (κ2) is 7.01. The summed E-state index contributed by atoms with van der Waals surface area (Å²) in [6.45, 7) is 5.41. The number of methoxy groups -OCH3 is 1. The summed E-state index contributed by atoms with van der Waals surface area (Å²) in [5.41, 5.74) is 3.51. The number of aryl methyl sites for hydroxylation is 1. The molecule has 6 nitrogen and oxygen atoms in total. The van der Waals surface area contributed by atoms with Gasteiger partial charge in [-0.05, 0) is 32.0 Å². The van der Waals surface area contributed by atoms with Gasteiger partial charge in [-0.2, -0.15) is 0 Å². The Morgan fingerprint density at radius 1 is 1.20 bits per heavy atom. The van der Waals surface area contributed by atoms with Crippen LogP contribution in [0, 0.1) is 13.8 Å². The fraction of sp³-hybridized carbons (Fsp3) is 0.368. The molecule has 1 fully saturated rings. The summed E-state index contributed by atoms with van der Waals surface area (Å²) in [6, 6.07) is 9.68. The van der Waals surface area contributed by atoms with Gasteiger partial charge in [0.1, 0.15) is 5.75 Å². The lowest BCUT2D eigenvalue weighted by molar-refractivity contribution is -0.120. The average Bonchev–Trinajstić information content (AvgIpc) is 2.77. The quantitative estimate of drug-likeness (QED) is 0.929. The molecule has 0 spiro atoms. The Morgan fingerprint density at radius 3 is 2.76 bits per heavy atom. The summed E-state index contributed by atoms with van der Waals surface area (Å²) in [5.74, 6) is 0.742. The molecule has 0 aliphatic carbocycles. The predicted octanol–water partition coefficient (Wildman–Crippen LogP) is 2.06. The van der Waals surface area contributed by atoms with Crippen molar-refractivity contribution >= 4 is 11.8 Å². The van der Waals surface area contributed by atoms with Crippen molar-refractivity contribution in [2.24, 2.45) is 0 Å². The SMILES string of the molecule is COc1cccc(-n2c(C)cc(C(=O)N3CCNC(=O)CC3)c2C)c1. The first-order valence-electron chi connectivity index (χ1n) is 8.40. The Labute approximate surface area is 147 Å². The Morgan fingerprint density at radius 2 is 2.00 bits per heavy atom. The van der Waals surface area contributed by atoms with Crippen LogP contribution in [0.4, 0.5) is 0 Å². The van der Waals surface area contributed by atoms with Crippen molar-refractivity contribution in [2.75, 3.05) is 26.7 Å². The molecule has 0 bridgehead atoms. The van der Waals surface area contributed by atoms with Gasteiger partial charge in [0, 0.05) is 49.2 Å². The zero-order chi connectivity index (χ0) is 18.0. The maximum absolute atomic E-state index is 12.9. The van der Waals surface area contributed by atoms with Gasteiger partial charge in [-0.25, -0.2) is 0 Å². The van der Waals surface area contributed by atoms with Gasteiger partial charge in [-0.15, -0.1) is 0 Å². The van der Waals surface area contributed by atoms with Crippen molar-refractivity contribution in [3.8, 4) is 11.4 Å². The normalized spacial score (nSPS) is 14.8. The van der Waals surface area contributed by atoms with Crippen molar-refractivity contribution in [3.63, 3.8) is 0 Å².